The lowest BCUT2D eigenvalue weighted by Gasteiger charge is -2.16. The second kappa shape index (κ2) is 12.0. The molecule has 0 saturated heterocycles. The number of rotatable bonds is 12. The van der Waals surface area contributed by atoms with Gasteiger partial charge >= 0.3 is 0 Å². The lowest BCUT2D eigenvalue weighted by atomic mass is 10.1. The lowest BCUT2D eigenvalue weighted by Crippen LogP contribution is -2.20. The molecule has 0 radical (unpaired) electrons. The molecule has 0 aliphatic carbocycles. The Morgan fingerprint density at radius 2 is 1.89 bits per heavy atom. The highest BCUT2D eigenvalue weighted by Crippen LogP contribution is 2.34. The topological polar surface area (TPSA) is 60.0 Å². The van der Waals surface area contributed by atoms with E-state index in [1.807, 2.05) is 25.1 Å². The first-order valence-corrected chi connectivity index (χ1v) is 9.96. The second-order valence-electron chi connectivity index (χ2n) is 6.11. The van der Waals surface area contributed by atoms with Crippen LogP contribution in [-0.4, -0.2) is 38.1 Å². The Hall–Kier alpha value is -1.60. The number of halogens is 1. The molecule has 0 aliphatic rings. The number of hydrogen-bond donors (Lipinski definition) is 2. The predicted molar refractivity (Wildman–Crippen MR) is 110 cm³/mol. The molecule has 2 N–H and O–H groups in total. The summed E-state index contributed by atoms with van der Waals surface area (Å²) in [4.78, 5) is 0. The van der Waals surface area contributed by atoms with Crippen LogP contribution in [-0.2, 0) is 17.9 Å². The Labute approximate surface area is 169 Å². The number of ether oxygens (including phenoxy) is 3. The zero-order valence-electron chi connectivity index (χ0n) is 16.0. The van der Waals surface area contributed by atoms with Gasteiger partial charge in [0.2, 0.25) is 0 Å². The average molecular weight is 438 g/mol. The van der Waals surface area contributed by atoms with Gasteiger partial charge in [0.25, 0.3) is 0 Å². The van der Waals surface area contributed by atoms with Gasteiger partial charge in [0.1, 0.15) is 6.61 Å². The van der Waals surface area contributed by atoms with E-state index in [2.05, 4.69) is 46.4 Å². The average Bonchev–Trinajstić information content (AvgIpc) is 2.65. The van der Waals surface area contributed by atoms with Gasteiger partial charge in [-0.1, -0.05) is 45.8 Å². The van der Waals surface area contributed by atoms with Crippen molar-refractivity contribution in [2.24, 2.45) is 0 Å². The fourth-order valence-corrected chi connectivity index (χ4v) is 3.05. The maximum absolute atomic E-state index is 8.70. The summed E-state index contributed by atoms with van der Waals surface area (Å²) >= 11 is 3.62. The van der Waals surface area contributed by atoms with Gasteiger partial charge in [-0.15, -0.1) is 0 Å². The van der Waals surface area contributed by atoms with Gasteiger partial charge in [0.15, 0.2) is 11.5 Å². The molecule has 0 spiro atoms. The molecule has 0 heterocycles. The molecule has 0 unspecified atom stereocenters. The van der Waals surface area contributed by atoms with Crippen LogP contribution in [0, 0.1) is 6.92 Å². The molecule has 2 aromatic rings. The summed E-state index contributed by atoms with van der Waals surface area (Å²) in [5, 5.41) is 12.0. The second-order valence-corrected chi connectivity index (χ2v) is 6.97. The number of aliphatic hydroxyl groups is 1. The minimum atomic E-state index is 0.0489. The molecule has 0 aliphatic heterocycles. The van der Waals surface area contributed by atoms with Gasteiger partial charge in [-0.25, -0.2) is 0 Å². The predicted octanol–water partition coefficient (Wildman–Crippen LogP) is 3.83. The quantitative estimate of drug-likeness (QED) is 0.494. The highest BCUT2D eigenvalue weighted by Gasteiger charge is 2.11. The fourth-order valence-electron chi connectivity index (χ4n) is 2.59. The molecule has 148 valence electrons. The van der Waals surface area contributed by atoms with Gasteiger partial charge in [0.05, 0.1) is 26.4 Å². The van der Waals surface area contributed by atoms with Crippen LogP contribution in [0.25, 0.3) is 0 Å². The molecule has 5 nitrogen and oxygen atoms in total. The summed E-state index contributed by atoms with van der Waals surface area (Å²) in [6, 6.07) is 12.2. The Morgan fingerprint density at radius 3 is 2.63 bits per heavy atom. The van der Waals surface area contributed by atoms with Crippen molar-refractivity contribution in [2.45, 2.75) is 27.0 Å². The van der Waals surface area contributed by atoms with Crippen molar-refractivity contribution in [1.82, 2.24) is 5.32 Å². The molecular weight excluding hydrogens is 410 g/mol. The summed E-state index contributed by atoms with van der Waals surface area (Å²) in [6.45, 7) is 7.47. The van der Waals surface area contributed by atoms with E-state index < -0.39 is 0 Å². The fraction of sp³-hybridized carbons (Fsp3) is 0.429. The van der Waals surface area contributed by atoms with Gasteiger partial charge < -0.3 is 24.6 Å². The van der Waals surface area contributed by atoms with E-state index in [0.717, 1.165) is 27.1 Å². The van der Waals surface area contributed by atoms with E-state index in [1.54, 1.807) is 0 Å². The summed E-state index contributed by atoms with van der Waals surface area (Å²) < 4.78 is 18.0. The van der Waals surface area contributed by atoms with Crippen LogP contribution < -0.4 is 14.8 Å². The third-order valence-electron chi connectivity index (χ3n) is 3.86. The van der Waals surface area contributed by atoms with Crippen molar-refractivity contribution in [3.8, 4) is 11.5 Å². The van der Waals surface area contributed by atoms with Crippen molar-refractivity contribution >= 4 is 15.9 Å². The van der Waals surface area contributed by atoms with Crippen LogP contribution in [0.2, 0.25) is 0 Å². The monoisotopic (exact) mass is 437 g/mol. The number of nitrogens with one attached hydrogen (secondary N) is 1. The Balaban J connectivity index is 1.99. The van der Waals surface area contributed by atoms with Crippen LogP contribution in [0.1, 0.15) is 23.6 Å². The molecular formula is C21H28BrNO4. The largest absolute Gasteiger partial charge is 0.490 e. The van der Waals surface area contributed by atoms with E-state index in [1.165, 1.54) is 5.56 Å². The normalized spacial score (nSPS) is 10.8. The minimum absolute atomic E-state index is 0.0489. The molecule has 0 saturated carbocycles. The van der Waals surface area contributed by atoms with Crippen molar-refractivity contribution in [3.05, 3.63) is 57.6 Å². The number of aryl methyl sites for hydroxylation is 1. The maximum atomic E-state index is 8.70. The first-order chi connectivity index (χ1) is 13.1. The highest BCUT2D eigenvalue weighted by atomic mass is 79.9. The lowest BCUT2D eigenvalue weighted by molar-refractivity contribution is 0.0938. The third-order valence-corrected chi connectivity index (χ3v) is 4.60. The molecule has 0 amide bonds. The molecule has 0 atom stereocenters. The van der Waals surface area contributed by atoms with E-state index >= 15 is 0 Å². The third kappa shape index (κ3) is 7.50. The first kappa shape index (κ1) is 21.7. The highest BCUT2D eigenvalue weighted by molar-refractivity contribution is 9.10. The van der Waals surface area contributed by atoms with Gasteiger partial charge in [0, 0.05) is 17.6 Å². The van der Waals surface area contributed by atoms with Crippen LogP contribution in [0.5, 0.6) is 11.5 Å². The van der Waals surface area contributed by atoms with E-state index in [4.69, 9.17) is 19.3 Å². The van der Waals surface area contributed by atoms with Crippen molar-refractivity contribution in [3.63, 3.8) is 0 Å². The van der Waals surface area contributed by atoms with E-state index in [9.17, 15) is 0 Å². The molecule has 0 aromatic heterocycles. The van der Waals surface area contributed by atoms with Crippen LogP contribution in [0.15, 0.2) is 40.9 Å². The minimum Gasteiger partial charge on any atom is -0.490 e. The smallest absolute Gasteiger partial charge is 0.162 e. The van der Waals surface area contributed by atoms with Gasteiger partial charge in [-0.05, 0) is 37.1 Å². The summed E-state index contributed by atoms with van der Waals surface area (Å²) in [5.41, 5.74) is 3.43. The summed E-state index contributed by atoms with van der Waals surface area (Å²) in [7, 11) is 0. The molecule has 2 aromatic carbocycles. The number of benzene rings is 2. The first-order valence-electron chi connectivity index (χ1n) is 9.17. The van der Waals surface area contributed by atoms with Crippen LogP contribution in [0.4, 0.5) is 0 Å². The molecule has 0 bridgehead atoms. The SMILES string of the molecule is CCOc1cc(CNCCOCCO)c(Br)cc1OCc1cccc(C)c1. The van der Waals surface area contributed by atoms with Crippen LogP contribution >= 0.6 is 15.9 Å². The Morgan fingerprint density at radius 1 is 1.07 bits per heavy atom. The van der Waals surface area contributed by atoms with Crippen LogP contribution in [0.3, 0.4) is 0 Å². The molecule has 27 heavy (non-hydrogen) atoms. The van der Waals surface area contributed by atoms with Crippen molar-refractivity contribution < 1.29 is 19.3 Å². The molecule has 6 heteroatoms. The summed E-state index contributed by atoms with van der Waals surface area (Å²) in [6.07, 6.45) is 0. The Kier molecular flexibility index (Phi) is 9.62. The zero-order chi connectivity index (χ0) is 19.5. The number of aliphatic hydroxyl groups excluding tert-OH is 1. The summed E-state index contributed by atoms with van der Waals surface area (Å²) in [5.74, 6) is 1.46. The standard InChI is InChI=1S/C21H28BrNO4/c1-3-26-20-12-18(14-23-7-9-25-10-8-24)19(22)13-21(20)27-15-17-6-4-5-16(2)11-17/h4-6,11-13,23-24H,3,7-10,14-15H2,1-2H3. The zero-order valence-corrected chi connectivity index (χ0v) is 17.5. The van der Waals surface area contributed by atoms with E-state index in [-0.39, 0.29) is 6.61 Å². The van der Waals surface area contributed by atoms with Gasteiger partial charge in [-0.2, -0.15) is 0 Å². The molecule has 0 fully saturated rings. The Bertz CT molecular complexity index is 709. The van der Waals surface area contributed by atoms with Gasteiger partial charge in [-0.3, -0.25) is 0 Å². The molecule has 2 rings (SSSR count). The maximum Gasteiger partial charge on any atom is 0.162 e. The number of hydrogen-bond acceptors (Lipinski definition) is 5. The van der Waals surface area contributed by atoms with E-state index in [0.29, 0.717) is 39.5 Å². The van der Waals surface area contributed by atoms with Crippen molar-refractivity contribution in [1.29, 1.82) is 0 Å². The van der Waals surface area contributed by atoms with Crippen molar-refractivity contribution in [2.75, 3.05) is 33.0 Å².